The number of Topliss-reactive ketones (excluding diaryl/α,β-unsaturated/α-hetero) is 1. The summed E-state index contributed by atoms with van der Waals surface area (Å²) in [7, 11) is 0. The molecular weight excluding hydrogens is 388 g/mol. The number of aliphatic hydroxyl groups excluding tert-OH is 1. The van der Waals surface area contributed by atoms with Gasteiger partial charge in [0.05, 0.1) is 12.2 Å². The Morgan fingerprint density at radius 3 is 2.52 bits per heavy atom. The number of fused-ring (bicyclic) bond motifs is 5. The number of esters is 1. The molecular formula is C27H44O4. The van der Waals surface area contributed by atoms with Crippen LogP contribution in [0, 0.1) is 46.3 Å². The van der Waals surface area contributed by atoms with Crippen molar-refractivity contribution in [3.05, 3.63) is 0 Å². The quantitative estimate of drug-likeness (QED) is 0.578. The number of aliphatic hydroxyl groups is 1. The molecule has 0 aliphatic heterocycles. The first-order chi connectivity index (χ1) is 14.6. The van der Waals surface area contributed by atoms with E-state index >= 15 is 0 Å². The van der Waals surface area contributed by atoms with Gasteiger partial charge in [0, 0.05) is 19.3 Å². The second-order valence-electron chi connectivity index (χ2n) is 12.3. The maximum absolute atomic E-state index is 12.1. The van der Waals surface area contributed by atoms with Crippen LogP contribution in [-0.2, 0) is 14.3 Å². The summed E-state index contributed by atoms with van der Waals surface area (Å²) in [6, 6.07) is 0. The molecule has 31 heavy (non-hydrogen) atoms. The molecule has 1 N–H and O–H groups in total. The Bertz CT molecular complexity index is 701. The van der Waals surface area contributed by atoms with Gasteiger partial charge in [-0.05, 0) is 105 Å². The molecule has 4 rings (SSSR count). The number of ketones is 1. The molecule has 4 nitrogen and oxygen atoms in total. The lowest BCUT2D eigenvalue weighted by molar-refractivity contribution is -0.169. The SMILES string of the molecule is CC(C)OC(=O)CC[C@@H](C)C1CCC2C3C(CC[C@@]21C)[C@@]1(C)CCC(=O)CC1C[C@H]3O. The van der Waals surface area contributed by atoms with Gasteiger partial charge in [-0.15, -0.1) is 0 Å². The molecule has 0 aromatic carbocycles. The molecule has 0 amide bonds. The van der Waals surface area contributed by atoms with Crippen molar-refractivity contribution in [2.75, 3.05) is 0 Å². The second kappa shape index (κ2) is 8.47. The molecule has 0 bridgehead atoms. The van der Waals surface area contributed by atoms with Crippen LogP contribution in [0.4, 0.5) is 0 Å². The molecule has 0 saturated heterocycles. The summed E-state index contributed by atoms with van der Waals surface area (Å²) in [5, 5.41) is 11.3. The molecule has 4 fully saturated rings. The van der Waals surface area contributed by atoms with Crippen molar-refractivity contribution in [3.63, 3.8) is 0 Å². The first kappa shape index (κ1) is 23.3. The molecule has 5 unspecified atom stereocenters. The molecule has 4 heteroatoms. The highest BCUT2D eigenvalue weighted by Gasteiger charge is 2.62. The summed E-state index contributed by atoms with van der Waals surface area (Å²) in [6.45, 7) is 11.1. The highest BCUT2D eigenvalue weighted by molar-refractivity contribution is 5.79. The van der Waals surface area contributed by atoms with Crippen LogP contribution in [0.1, 0.15) is 98.8 Å². The van der Waals surface area contributed by atoms with Crippen molar-refractivity contribution in [1.29, 1.82) is 0 Å². The van der Waals surface area contributed by atoms with Crippen molar-refractivity contribution in [2.45, 2.75) is 111 Å². The van der Waals surface area contributed by atoms with Crippen LogP contribution in [0.5, 0.6) is 0 Å². The zero-order valence-electron chi connectivity index (χ0n) is 20.4. The predicted octanol–water partition coefficient (Wildman–Crippen LogP) is 5.55. The average Bonchev–Trinajstić information content (AvgIpc) is 3.04. The van der Waals surface area contributed by atoms with Gasteiger partial charge in [-0.1, -0.05) is 20.8 Å². The van der Waals surface area contributed by atoms with Gasteiger partial charge in [0.15, 0.2) is 0 Å². The van der Waals surface area contributed by atoms with Gasteiger partial charge in [0.2, 0.25) is 0 Å². The molecule has 0 spiro atoms. The van der Waals surface area contributed by atoms with Crippen molar-refractivity contribution < 1.29 is 19.4 Å². The van der Waals surface area contributed by atoms with E-state index in [1.54, 1.807) is 0 Å². The summed E-state index contributed by atoms with van der Waals surface area (Å²) in [5.74, 6) is 3.35. The van der Waals surface area contributed by atoms with Crippen LogP contribution >= 0.6 is 0 Å². The number of hydrogen-bond acceptors (Lipinski definition) is 4. The zero-order valence-corrected chi connectivity index (χ0v) is 20.4. The number of ether oxygens (including phenoxy) is 1. The van der Waals surface area contributed by atoms with Crippen LogP contribution < -0.4 is 0 Å². The largest absolute Gasteiger partial charge is 0.463 e. The second-order valence-corrected chi connectivity index (χ2v) is 12.3. The van der Waals surface area contributed by atoms with E-state index in [0.29, 0.717) is 54.1 Å². The van der Waals surface area contributed by atoms with Crippen LogP contribution in [0.15, 0.2) is 0 Å². The molecule has 4 aliphatic rings. The molecule has 0 radical (unpaired) electrons. The maximum atomic E-state index is 12.1. The van der Waals surface area contributed by atoms with Crippen LogP contribution in [0.25, 0.3) is 0 Å². The monoisotopic (exact) mass is 432 g/mol. The number of carbonyl (C=O) groups excluding carboxylic acids is 2. The lowest BCUT2D eigenvalue weighted by atomic mass is 9.44. The minimum absolute atomic E-state index is 0.0421. The lowest BCUT2D eigenvalue weighted by Crippen LogP contribution is -2.58. The van der Waals surface area contributed by atoms with Crippen molar-refractivity contribution in [3.8, 4) is 0 Å². The fourth-order valence-electron chi connectivity index (χ4n) is 8.86. The summed E-state index contributed by atoms with van der Waals surface area (Å²) >= 11 is 0. The van der Waals surface area contributed by atoms with Gasteiger partial charge in [0.25, 0.3) is 0 Å². The van der Waals surface area contributed by atoms with Crippen molar-refractivity contribution in [1.82, 2.24) is 0 Å². The van der Waals surface area contributed by atoms with Gasteiger partial charge >= 0.3 is 5.97 Å². The third-order valence-electron chi connectivity index (χ3n) is 10.4. The molecule has 0 heterocycles. The Morgan fingerprint density at radius 2 is 1.81 bits per heavy atom. The minimum atomic E-state index is -0.256. The minimum Gasteiger partial charge on any atom is -0.463 e. The van der Waals surface area contributed by atoms with E-state index in [-0.39, 0.29) is 29.0 Å². The van der Waals surface area contributed by atoms with E-state index in [2.05, 4.69) is 20.8 Å². The van der Waals surface area contributed by atoms with E-state index in [1.807, 2.05) is 13.8 Å². The number of carbonyl (C=O) groups is 2. The molecule has 4 saturated carbocycles. The average molecular weight is 433 g/mol. The van der Waals surface area contributed by atoms with E-state index in [1.165, 1.54) is 25.7 Å². The van der Waals surface area contributed by atoms with E-state index in [9.17, 15) is 14.7 Å². The summed E-state index contributed by atoms with van der Waals surface area (Å²) in [4.78, 5) is 24.2. The van der Waals surface area contributed by atoms with E-state index in [4.69, 9.17) is 4.74 Å². The van der Waals surface area contributed by atoms with Crippen molar-refractivity contribution in [2.24, 2.45) is 46.3 Å². The Balaban J connectivity index is 1.48. The molecule has 0 aromatic rings. The molecule has 176 valence electrons. The Hall–Kier alpha value is -0.900. The highest BCUT2D eigenvalue weighted by Crippen LogP contribution is 2.68. The van der Waals surface area contributed by atoms with Gasteiger partial charge < -0.3 is 9.84 Å². The summed E-state index contributed by atoms with van der Waals surface area (Å²) in [6.07, 6.45) is 9.22. The van der Waals surface area contributed by atoms with Gasteiger partial charge in [0.1, 0.15) is 5.78 Å². The maximum Gasteiger partial charge on any atom is 0.306 e. The molecule has 9 atom stereocenters. The standard InChI is InChI=1S/C27H44O4/c1-16(2)31-24(30)9-6-17(3)20-7-8-21-25-22(11-13-27(20,21)5)26(4)12-10-19(28)14-18(26)15-23(25)29/h16-18,20-23,25,29H,6-15H2,1-5H3/t17-,18?,20?,21?,22?,23-,25?,26+,27-/m1/s1. The van der Waals surface area contributed by atoms with Crippen LogP contribution in [-0.4, -0.2) is 29.1 Å². The van der Waals surface area contributed by atoms with Gasteiger partial charge in [-0.2, -0.15) is 0 Å². The Morgan fingerprint density at radius 1 is 1.10 bits per heavy atom. The summed E-state index contributed by atoms with van der Waals surface area (Å²) < 4.78 is 5.35. The zero-order chi connectivity index (χ0) is 22.6. The number of rotatable bonds is 5. The third-order valence-corrected chi connectivity index (χ3v) is 10.4. The van der Waals surface area contributed by atoms with E-state index < -0.39 is 0 Å². The predicted molar refractivity (Wildman–Crippen MR) is 121 cm³/mol. The topological polar surface area (TPSA) is 63.6 Å². The fourth-order valence-corrected chi connectivity index (χ4v) is 8.86. The molecule has 0 aromatic heterocycles. The third kappa shape index (κ3) is 4.00. The van der Waals surface area contributed by atoms with E-state index in [0.717, 1.165) is 25.7 Å². The highest BCUT2D eigenvalue weighted by atomic mass is 16.5. The Kier molecular flexibility index (Phi) is 6.35. The number of hydrogen-bond donors (Lipinski definition) is 1. The first-order valence-electron chi connectivity index (χ1n) is 13.0. The van der Waals surface area contributed by atoms with Gasteiger partial charge in [-0.3, -0.25) is 9.59 Å². The van der Waals surface area contributed by atoms with Gasteiger partial charge in [-0.25, -0.2) is 0 Å². The first-order valence-corrected chi connectivity index (χ1v) is 13.0. The smallest absolute Gasteiger partial charge is 0.306 e. The normalized spacial score (nSPS) is 45.6. The fraction of sp³-hybridized carbons (Fsp3) is 0.926. The Labute approximate surface area is 188 Å². The van der Waals surface area contributed by atoms with Crippen LogP contribution in [0.2, 0.25) is 0 Å². The van der Waals surface area contributed by atoms with Crippen molar-refractivity contribution >= 4 is 11.8 Å². The molecule has 4 aliphatic carbocycles. The van der Waals surface area contributed by atoms with Crippen LogP contribution in [0.3, 0.4) is 0 Å². The lowest BCUT2D eigenvalue weighted by Gasteiger charge is -2.62. The summed E-state index contributed by atoms with van der Waals surface area (Å²) in [5.41, 5.74) is 0.487.